The monoisotopic (exact) mass is 268 g/mol. The van der Waals surface area contributed by atoms with E-state index in [1.807, 2.05) is 6.07 Å². The van der Waals surface area contributed by atoms with Gasteiger partial charge in [0.15, 0.2) is 0 Å². The predicted molar refractivity (Wildman–Crippen MR) is 69.9 cm³/mol. The summed E-state index contributed by atoms with van der Waals surface area (Å²) >= 11 is 8.07. The van der Waals surface area contributed by atoms with Crippen molar-refractivity contribution in [2.24, 2.45) is 0 Å². The Balaban J connectivity index is 2.13. The van der Waals surface area contributed by atoms with Gasteiger partial charge in [-0.3, -0.25) is 0 Å². The van der Waals surface area contributed by atoms with E-state index in [1.54, 1.807) is 18.4 Å². The van der Waals surface area contributed by atoms with Gasteiger partial charge in [-0.15, -0.1) is 22.9 Å². The van der Waals surface area contributed by atoms with Gasteiger partial charge in [0.05, 0.1) is 12.5 Å². The summed E-state index contributed by atoms with van der Waals surface area (Å²) in [6.45, 7) is 2.07. The highest BCUT2D eigenvalue weighted by atomic mass is 35.5. The molecule has 0 bridgehead atoms. The lowest BCUT2D eigenvalue weighted by Gasteiger charge is -2.08. The number of thiophene rings is 1. The smallest absolute Gasteiger partial charge is 0.216 e. The second kappa shape index (κ2) is 5.47. The molecule has 0 fully saturated rings. The van der Waals surface area contributed by atoms with E-state index in [4.69, 9.17) is 16.3 Å². The molecule has 0 N–H and O–H groups in total. The summed E-state index contributed by atoms with van der Waals surface area (Å²) < 4.78 is 5.06. The lowest BCUT2D eigenvalue weighted by molar-refractivity contribution is 0.396. The van der Waals surface area contributed by atoms with Crippen molar-refractivity contribution in [1.82, 2.24) is 9.97 Å². The standard InChI is InChI=1S/C12H13ClN2OS/c1-8-3-4-17-12(8)10(13)5-9-6-11(16-2)15-7-14-9/h3-4,6-7,10H,5H2,1-2H3. The minimum atomic E-state index is -0.0467. The van der Waals surface area contributed by atoms with Crippen LogP contribution in [0.1, 0.15) is 21.5 Å². The Hall–Kier alpha value is -1.13. The van der Waals surface area contributed by atoms with Gasteiger partial charge in [-0.2, -0.15) is 0 Å². The number of hydrogen-bond donors (Lipinski definition) is 0. The molecule has 0 saturated heterocycles. The van der Waals surface area contributed by atoms with Crippen molar-refractivity contribution in [2.45, 2.75) is 18.7 Å². The third-order valence-corrected chi connectivity index (χ3v) is 4.12. The molecular weight excluding hydrogens is 256 g/mol. The molecule has 1 atom stereocenters. The van der Waals surface area contributed by atoms with Crippen LogP contribution in [-0.2, 0) is 6.42 Å². The molecule has 0 radical (unpaired) electrons. The fourth-order valence-corrected chi connectivity index (χ4v) is 2.97. The van der Waals surface area contributed by atoms with E-state index < -0.39 is 0 Å². The lowest BCUT2D eigenvalue weighted by Crippen LogP contribution is -1.99. The molecule has 0 aliphatic rings. The third kappa shape index (κ3) is 2.96. The van der Waals surface area contributed by atoms with E-state index in [9.17, 15) is 0 Å². The maximum Gasteiger partial charge on any atom is 0.216 e. The Morgan fingerprint density at radius 2 is 2.29 bits per heavy atom. The predicted octanol–water partition coefficient (Wildman–Crippen LogP) is 3.38. The molecule has 2 rings (SSSR count). The van der Waals surface area contributed by atoms with Crippen LogP contribution in [0.3, 0.4) is 0 Å². The number of halogens is 1. The van der Waals surface area contributed by atoms with Crippen molar-refractivity contribution < 1.29 is 4.74 Å². The maximum atomic E-state index is 6.39. The molecule has 0 aliphatic carbocycles. The second-order valence-electron chi connectivity index (χ2n) is 3.69. The molecule has 0 saturated carbocycles. The molecule has 17 heavy (non-hydrogen) atoms. The normalized spacial score (nSPS) is 12.4. The maximum absolute atomic E-state index is 6.39. The fourth-order valence-electron chi connectivity index (χ4n) is 1.58. The van der Waals surface area contributed by atoms with Crippen molar-refractivity contribution in [3.63, 3.8) is 0 Å². The molecule has 0 aliphatic heterocycles. The number of aryl methyl sites for hydroxylation is 1. The average molecular weight is 269 g/mol. The molecule has 2 aromatic rings. The van der Waals surface area contributed by atoms with Crippen LogP contribution >= 0.6 is 22.9 Å². The van der Waals surface area contributed by atoms with E-state index in [-0.39, 0.29) is 5.38 Å². The van der Waals surface area contributed by atoms with Gasteiger partial charge in [0.1, 0.15) is 6.33 Å². The lowest BCUT2D eigenvalue weighted by atomic mass is 10.1. The summed E-state index contributed by atoms with van der Waals surface area (Å²) in [4.78, 5) is 9.37. The summed E-state index contributed by atoms with van der Waals surface area (Å²) in [5.41, 5.74) is 2.13. The fraction of sp³-hybridized carbons (Fsp3) is 0.333. The molecule has 0 spiro atoms. The summed E-state index contributed by atoms with van der Waals surface area (Å²) in [5, 5.41) is 2.01. The van der Waals surface area contributed by atoms with Gasteiger partial charge in [0.25, 0.3) is 0 Å². The first-order valence-corrected chi connectivity index (χ1v) is 6.55. The van der Waals surface area contributed by atoms with Crippen LogP contribution in [0.25, 0.3) is 0 Å². The van der Waals surface area contributed by atoms with Crippen LogP contribution in [0.2, 0.25) is 0 Å². The van der Waals surface area contributed by atoms with Crippen molar-refractivity contribution in [3.8, 4) is 5.88 Å². The average Bonchev–Trinajstić information content (AvgIpc) is 2.76. The first-order valence-electron chi connectivity index (χ1n) is 5.23. The number of rotatable bonds is 4. The first kappa shape index (κ1) is 12.3. The van der Waals surface area contributed by atoms with E-state index in [0.29, 0.717) is 12.3 Å². The highest BCUT2D eigenvalue weighted by Gasteiger charge is 2.14. The van der Waals surface area contributed by atoms with Crippen LogP contribution < -0.4 is 4.74 Å². The van der Waals surface area contributed by atoms with Crippen LogP contribution in [0, 0.1) is 6.92 Å². The van der Waals surface area contributed by atoms with Crippen LogP contribution in [0.5, 0.6) is 5.88 Å². The summed E-state index contributed by atoms with van der Waals surface area (Å²) in [5.74, 6) is 0.571. The topological polar surface area (TPSA) is 35.0 Å². The first-order chi connectivity index (χ1) is 8.20. The van der Waals surface area contributed by atoms with E-state index in [0.717, 1.165) is 5.69 Å². The Kier molecular flexibility index (Phi) is 3.97. The largest absolute Gasteiger partial charge is 0.481 e. The summed E-state index contributed by atoms with van der Waals surface area (Å²) in [6, 6.07) is 3.90. The number of aromatic nitrogens is 2. The van der Waals surface area contributed by atoms with Crippen molar-refractivity contribution in [2.75, 3.05) is 7.11 Å². The zero-order chi connectivity index (χ0) is 12.3. The Morgan fingerprint density at radius 1 is 1.47 bits per heavy atom. The highest BCUT2D eigenvalue weighted by molar-refractivity contribution is 7.10. The number of ether oxygens (including phenoxy) is 1. The van der Waals surface area contributed by atoms with Gasteiger partial charge in [-0.1, -0.05) is 0 Å². The number of alkyl halides is 1. The molecular formula is C12H13ClN2OS. The molecule has 2 aromatic heterocycles. The molecule has 0 amide bonds. The third-order valence-electron chi connectivity index (χ3n) is 2.48. The second-order valence-corrected chi connectivity index (χ2v) is 5.17. The quantitative estimate of drug-likeness (QED) is 0.798. The highest BCUT2D eigenvalue weighted by Crippen LogP contribution is 2.31. The molecule has 3 nitrogen and oxygen atoms in total. The number of nitrogens with zero attached hydrogens (tertiary/aromatic N) is 2. The summed E-state index contributed by atoms with van der Waals surface area (Å²) in [6.07, 6.45) is 2.18. The van der Waals surface area contributed by atoms with Crippen LogP contribution in [-0.4, -0.2) is 17.1 Å². The van der Waals surface area contributed by atoms with E-state index in [2.05, 4.69) is 28.3 Å². The zero-order valence-electron chi connectivity index (χ0n) is 9.68. The van der Waals surface area contributed by atoms with E-state index in [1.165, 1.54) is 16.8 Å². The van der Waals surface area contributed by atoms with Gasteiger partial charge < -0.3 is 4.74 Å². The molecule has 0 aromatic carbocycles. The SMILES string of the molecule is COc1cc(CC(Cl)c2sccc2C)ncn1. The number of methoxy groups -OCH3 is 1. The molecule has 5 heteroatoms. The van der Waals surface area contributed by atoms with Gasteiger partial charge >= 0.3 is 0 Å². The van der Waals surface area contributed by atoms with Crippen LogP contribution in [0.4, 0.5) is 0 Å². The minimum Gasteiger partial charge on any atom is -0.481 e. The number of hydrogen-bond acceptors (Lipinski definition) is 4. The van der Waals surface area contributed by atoms with Gasteiger partial charge in [-0.05, 0) is 23.9 Å². The van der Waals surface area contributed by atoms with Crippen LogP contribution in [0.15, 0.2) is 23.8 Å². The summed E-state index contributed by atoms with van der Waals surface area (Å²) in [7, 11) is 1.59. The zero-order valence-corrected chi connectivity index (χ0v) is 11.3. The van der Waals surface area contributed by atoms with E-state index >= 15 is 0 Å². The van der Waals surface area contributed by atoms with Crippen molar-refractivity contribution in [1.29, 1.82) is 0 Å². The Morgan fingerprint density at radius 3 is 2.94 bits per heavy atom. The molecule has 90 valence electrons. The minimum absolute atomic E-state index is 0.0467. The Labute approximate surface area is 109 Å². The van der Waals surface area contributed by atoms with Crippen molar-refractivity contribution in [3.05, 3.63) is 40.0 Å². The van der Waals surface area contributed by atoms with Gasteiger partial charge in [0, 0.05) is 23.1 Å². The van der Waals surface area contributed by atoms with Gasteiger partial charge in [0.2, 0.25) is 5.88 Å². The molecule has 2 heterocycles. The Bertz CT molecular complexity index is 501. The van der Waals surface area contributed by atoms with Gasteiger partial charge in [-0.25, -0.2) is 9.97 Å². The molecule has 1 unspecified atom stereocenters. The van der Waals surface area contributed by atoms with Crippen molar-refractivity contribution >= 4 is 22.9 Å².